The summed E-state index contributed by atoms with van der Waals surface area (Å²) < 4.78 is 2.15. The first-order chi connectivity index (χ1) is 13.3. The normalized spacial score (nSPS) is 14.1. The number of carbonyl (C=O) groups is 1. The highest BCUT2D eigenvalue weighted by atomic mass is 16.2. The zero-order valence-electron chi connectivity index (χ0n) is 16.1. The van der Waals surface area contributed by atoms with Crippen LogP contribution in [0.1, 0.15) is 68.9 Å². The molecule has 2 heterocycles. The summed E-state index contributed by atoms with van der Waals surface area (Å²) in [7, 11) is 0. The van der Waals surface area contributed by atoms with Crippen LogP contribution in [0, 0.1) is 0 Å². The Bertz CT molecular complexity index is 719. The van der Waals surface area contributed by atoms with Gasteiger partial charge in [0.1, 0.15) is 0 Å². The Balaban J connectivity index is 1.23. The van der Waals surface area contributed by atoms with E-state index in [1.807, 2.05) is 18.7 Å². The van der Waals surface area contributed by atoms with Crippen LogP contribution in [0.3, 0.4) is 0 Å². The first kappa shape index (κ1) is 19.3. The smallest absolute Gasteiger partial charge is 0.240 e. The summed E-state index contributed by atoms with van der Waals surface area (Å²) in [6, 6.07) is 8.66. The number of nitrogens with zero attached hydrogens (tertiary/aromatic N) is 3. The van der Waals surface area contributed by atoms with Gasteiger partial charge in [0, 0.05) is 31.8 Å². The molecule has 3 rings (SSSR count). The van der Waals surface area contributed by atoms with E-state index in [0.717, 1.165) is 30.7 Å². The minimum Gasteiger partial charge on any atom is -0.337 e. The van der Waals surface area contributed by atoms with Crippen LogP contribution in [0.4, 0.5) is 0 Å². The van der Waals surface area contributed by atoms with Crippen molar-refractivity contribution in [1.29, 1.82) is 0 Å². The molecule has 27 heavy (non-hydrogen) atoms. The summed E-state index contributed by atoms with van der Waals surface area (Å²) in [5.41, 5.74) is 6.05. The fourth-order valence-electron chi connectivity index (χ4n) is 3.47. The van der Waals surface area contributed by atoms with E-state index in [1.165, 1.54) is 50.5 Å². The summed E-state index contributed by atoms with van der Waals surface area (Å²) in [5, 5.41) is 4.15. The third-order valence-electron chi connectivity index (χ3n) is 5.13. The van der Waals surface area contributed by atoms with E-state index in [1.54, 1.807) is 0 Å². The molecule has 0 saturated heterocycles. The predicted octanol–water partition coefficient (Wildman–Crippen LogP) is 4.47. The lowest BCUT2D eigenvalue weighted by Gasteiger charge is -2.12. The van der Waals surface area contributed by atoms with Gasteiger partial charge in [-0.3, -0.25) is 4.79 Å². The molecule has 2 aromatic rings. The summed E-state index contributed by atoms with van der Waals surface area (Å²) >= 11 is 0. The average molecular weight is 367 g/mol. The zero-order chi connectivity index (χ0) is 18.7. The van der Waals surface area contributed by atoms with E-state index in [2.05, 4.69) is 44.3 Å². The topological polar surface area (TPSA) is 59.3 Å². The van der Waals surface area contributed by atoms with Gasteiger partial charge >= 0.3 is 0 Å². The Kier molecular flexibility index (Phi) is 7.63. The molecule has 0 radical (unpaired) electrons. The third-order valence-corrected chi connectivity index (χ3v) is 5.13. The van der Waals surface area contributed by atoms with Crippen LogP contribution in [0.2, 0.25) is 0 Å². The van der Waals surface area contributed by atoms with Crippen molar-refractivity contribution in [3.63, 3.8) is 0 Å². The number of carbonyl (C=O) groups excluding carboxylic acids is 1. The number of amides is 1. The summed E-state index contributed by atoms with van der Waals surface area (Å²) in [4.78, 5) is 15.2. The molecular weight excluding hydrogens is 336 g/mol. The summed E-state index contributed by atoms with van der Waals surface area (Å²) in [5.74, 6) is 0.00793. The Morgan fingerprint density at radius 2 is 1.67 bits per heavy atom. The molecule has 0 saturated carbocycles. The van der Waals surface area contributed by atoms with Gasteiger partial charge < -0.3 is 4.57 Å². The van der Waals surface area contributed by atoms with E-state index in [0.29, 0.717) is 6.42 Å². The van der Waals surface area contributed by atoms with Crippen molar-refractivity contribution < 1.29 is 4.79 Å². The number of aromatic nitrogens is 2. The molecule has 5 heteroatoms. The van der Waals surface area contributed by atoms with Crippen molar-refractivity contribution in [2.45, 2.75) is 70.8 Å². The number of benzene rings is 1. The first-order valence-corrected chi connectivity index (χ1v) is 10.2. The number of hydrazone groups is 1. The van der Waals surface area contributed by atoms with Gasteiger partial charge in [-0.25, -0.2) is 10.4 Å². The first-order valence-electron chi connectivity index (χ1n) is 10.2. The molecule has 0 spiro atoms. The minimum absolute atomic E-state index is 0.00793. The second kappa shape index (κ2) is 10.7. The lowest BCUT2D eigenvalue weighted by atomic mass is 10.00. The second-order valence-corrected chi connectivity index (χ2v) is 7.32. The molecule has 5 nitrogen and oxygen atoms in total. The average Bonchev–Trinajstić information content (AvgIpc) is 3.21. The van der Waals surface area contributed by atoms with E-state index in [9.17, 15) is 4.79 Å². The van der Waals surface area contributed by atoms with Crippen LogP contribution in [0.5, 0.6) is 0 Å². The van der Waals surface area contributed by atoms with Crippen LogP contribution >= 0.6 is 0 Å². The molecule has 1 amide bonds. The van der Waals surface area contributed by atoms with E-state index in [4.69, 9.17) is 0 Å². The summed E-state index contributed by atoms with van der Waals surface area (Å²) in [6.07, 6.45) is 17.3. The van der Waals surface area contributed by atoms with Crippen LogP contribution in [0.25, 0.3) is 0 Å². The van der Waals surface area contributed by atoms with Crippen LogP contribution in [0.15, 0.2) is 48.1 Å². The second-order valence-electron chi connectivity index (χ2n) is 7.32. The van der Waals surface area contributed by atoms with Crippen molar-refractivity contribution in [2.75, 3.05) is 0 Å². The number of unbranched alkanes of at least 4 members (excludes halogenated alkanes) is 6. The number of nitrogens with one attached hydrogen (secondary N) is 1. The Labute approximate surface area is 161 Å². The predicted molar refractivity (Wildman–Crippen MR) is 109 cm³/mol. The molecule has 1 aliphatic heterocycles. The van der Waals surface area contributed by atoms with Crippen molar-refractivity contribution >= 4 is 11.6 Å². The molecule has 0 aliphatic carbocycles. The SMILES string of the molecule is O=C1CCC(c2ccc(CCCCCCCCCn3ccnc3)cc2)=NN1. The number of hydrogen-bond donors (Lipinski definition) is 1. The minimum atomic E-state index is 0.00793. The molecule has 1 aromatic carbocycles. The fourth-order valence-corrected chi connectivity index (χ4v) is 3.47. The molecule has 144 valence electrons. The van der Waals surface area contributed by atoms with Gasteiger partial charge in [0.15, 0.2) is 0 Å². The maximum absolute atomic E-state index is 11.2. The van der Waals surface area contributed by atoms with Crippen molar-refractivity contribution in [3.05, 3.63) is 54.1 Å². The number of imidazole rings is 1. The van der Waals surface area contributed by atoms with Gasteiger partial charge in [-0.05, 0) is 30.4 Å². The van der Waals surface area contributed by atoms with Gasteiger partial charge in [-0.15, -0.1) is 0 Å². The maximum Gasteiger partial charge on any atom is 0.240 e. The molecule has 0 fully saturated rings. The molecule has 0 unspecified atom stereocenters. The Morgan fingerprint density at radius 3 is 2.33 bits per heavy atom. The Morgan fingerprint density at radius 1 is 0.926 bits per heavy atom. The lowest BCUT2D eigenvalue weighted by Crippen LogP contribution is -2.25. The quantitative estimate of drug-likeness (QED) is 0.597. The molecule has 1 aliphatic rings. The largest absolute Gasteiger partial charge is 0.337 e. The summed E-state index contributed by atoms with van der Waals surface area (Å²) in [6.45, 7) is 1.09. The third kappa shape index (κ3) is 6.66. The Hall–Kier alpha value is -2.43. The van der Waals surface area contributed by atoms with Crippen molar-refractivity contribution in [3.8, 4) is 0 Å². The van der Waals surface area contributed by atoms with E-state index in [-0.39, 0.29) is 5.91 Å². The molecule has 0 bridgehead atoms. The molecule has 0 atom stereocenters. The van der Waals surface area contributed by atoms with Crippen LogP contribution in [-0.4, -0.2) is 21.2 Å². The standard InChI is InChI=1S/C22H30N4O/c27-22-14-13-21(24-25-22)20-11-9-19(10-12-20)8-6-4-2-1-3-5-7-16-26-17-15-23-18-26/h9-12,15,17-18H,1-8,13-14,16H2,(H,25,27). The lowest BCUT2D eigenvalue weighted by molar-refractivity contribution is -0.121. The fraction of sp³-hybridized carbons (Fsp3) is 0.500. The van der Waals surface area contributed by atoms with Gasteiger partial charge in [0.25, 0.3) is 0 Å². The highest BCUT2D eigenvalue weighted by Gasteiger charge is 2.12. The highest BCUT2D eigenvalue weighted by Crippen LogP contribution is 2.14. The van der Waals surface area contributed by atoms with Crippen LogP contribution in [-0.2, 0) is 17.8 Å². The van der Waals surface area contributed by atoms with Crippen molar-refractivity contribution in [2.24, 2.45) is 5.10 Å². The number of hydrogen-bond acceptors (Lipinski definition) is 3. The highest BCUT2D eigenvalue weighted by molar-refractivity contribution is 6.04. The maximum atomic E-state index is 11.2. The molecule has 1 aromatic heterocycles. The van der Waals surface area contributed by atoms with Gasteiger partial charge in [0.2, 0.25) is 5.91 Å². The van der Waals surface area contributed by atoms with Gasteiger partial charge in [-0.1, -0.05) is 56.4 Å². The molecular formula is C22H30N4O. The van der Waals surface area contributed by atoms with E-state index < -0.39 is 0 Å². The van der Waals surface area contributed by atoms with Gasteiger partial charge in [0.05, 0.1) is 12.0 Å². The van der Waals surface area contributed by atoms with E-state index >= 15 is 0 Å². The number of rotatable bonds is 11. The number of aryl methyl sites for hydroxylation is 2. The molecule has 1 N–H and O–H groups in total. The monoisotopic (exact) mass is 366 g/mol. The zero-order valence-corrected chi connectivity index (χ0v) is 16.1. The van der Waals surface area contributed by atoms with Crippen molar-refractivity contribution in [1.82, 2.24) is 15.0 Å². The van der Waals surface area contributed by atoms with Gasteiger partial charge in [-0.2, -0.15) is 5.10 Å². The van der Waals surface area contributed by atoms with Crippen LogP contribution < -0.4 is 5.43 Å².